The zero-order valence-electron chi connectivity index (χ0n) is 6.53. The molecular formula is C6H10N3O3. The van der Waals surface area contributed by atoms with Crippen LogP contribution in [0.4, 0.5) is 0 Å². The standard InChI is InChI=1S/C6H10N3O3/c1-3(10)9-4(6(8)12)2-5(7)11/h2,4H,1H3,(H2,7,11)(H2,8,12)(H,9,10). The molecule has 0 aliphatic carbocycles. The Labute approximate surface area is 69.3 Å². The van der Waals surface area contributed by atoms with E-state index in [0.717, 1.165) is 6.42 Å². The fraction of sp³-hybridized carbons (Fsp3) is 0.333. The van der Waals surface area contributed by atoms with Crippen molar-refractivity contribution in [3.05, 3.63) is 6.42 Å². The maximum absolute atomic E-state index is 10.5. The van der Waals surface area contributed by atoms with Gasteiger partial charge in [-0.15, -0.1) is 0 Å². The van der Waals surface area contributed by atoms with Gasteiger partial charge in [0.1, 0.15) is 6.04 Å². The Morgan fingerprint density at radius 2 is 1.83 bits per heavy atom. The molecule has 67 valence electrons. The number of primary amides is 2. The summed E-state index contributed by atoms with van der Waals surface area (Å²) in [4.78, 5) is 31.3. The summed E-state index contributed by atoms with van der Waals surface area (Å²) in [5, 5.41) is 2.14. The first kappa shape index (κ1) is 10.4. The number of hydrogen-bond acceptors (Lipinski definition) is 3. The maximum Gasteiger partial charge on any atom is 0.240 e. The molecule has 0 fully saturated rings. The lowest BCUT2D eigenvalue weighted by atomic mass is 10.2. The number of hydrogen-bond donors (Lipinski definition) is 3. The second kappa shape index (κ2) is 4.32. The highest BCUT2D eigenvalue weighted by Crippen LogP contribution is 1.87. The lowest BCUT2D eigenvalue weighted by Gasteiger charge is -2.10. The van der Waals surface area contributed by atoms with E-state index in [0.29, 0.717) is 0 Å². The SMILES string of the molecule is CC(=O)NC([CH]C(N)=O)C(N)=O. The van der Waals surface area contributed by atoms with Gasteiger partial charge < -0.3 is 16.8 Å². The highest BCUT2D eigenvalue weighted by atomic mass is 16.2. The van der Waals surface area contributed by atoms with Crippen molar-refractivity contribution < 1.29 is 14.4 Å². The summed E-state index contributed by atoms with van der Waals surface area (Å²) in [5.41, 5.74) is 9.59. The molecule has 0 aromatic rings. The average Bonchev–Trinajstić information content (AvgIpc) is 1.83. The molecule has 0 aliphatic rings. The largest absolute Gasteiger partial charge is 0.369 e. The molecule has 1 atom stereocenters. The average molecular weight is 172 g/mol. The van der Waals surface area contributed by atoms with Gasteiger partial charge in [0, 0.05) is 6.92 Å². The van der Waals surface area contributed by atoms with Gasteiger partial charge in [-0.3, -0.25) is 14.4 Å². The Bertz CT molecular complexity index is 198. The summed E-state index contributed by atoms with van der Waals surface area (Å²) in [5.74, 6) is -2.10. The van der Waals surface area contributed by atoms with Crippen molar-refractivity contribution in [2.24, 2.45) is 11.5 Å². The minimum atomic E-state index is -1.13. The predicted octanol–water partition coefficient (Wildman–Crippen LogP) is -2.33. The molecule has 6 nitrogen and oxygen atoms in total. The van der Waals surface area contributed by atoms with E-state index >= 15 is 0 Å². The van der Waals surface area contributed by atoms with E-state index in [4.69, 9.17) is 11.5 Å². The quantitative estimate of drug-likeness (QED) is 0.441. The van der Waals surface area contributed by atoms with Crippen LogP contribution < -0.4 is 16.8 Å². The van der Waals surface area contributed by atoms with Crippen LogP contribution in [0, 0.1) is 6.42 Å². The van der Waals surface area contributed by atoms with Crippen molar-refractivity contribution in [3.63, 3.8) is 0 Å². The van der Waals surface area contributed by atoms with Crippen LogP contribution in [-0.2, 0) is 14.4 Å². The van der Waals surface area contributed by atoms with Gasteiger partial charge in [0.2, 0.25) is 17.7 Å². The summed E-state index contributed by atoms with van der Waals surface area (Å²) in [7, 11) is 0. The lowest BCUT2D eigenvalue weighted by molar-refractivity contribution is -0.126. The molecular weight excluding hydrogens is 162 g/mol. The third-order valence-electron chi connectivity index (χ3n) is 0.996. The predicted molar refractivity (Wildman–Crippen MR) is 40.3 cm³/mol. The zero-order valence-corrected chi connectivity index (χ0v) is 6.53. The van der Waals surface area contributed by atoms with Crippen LogP contribution in [0.25, 0.3) is 0 Å². The Hall–Kier alpha value is -1.59. The number of carbonyl (C=O) groups excluding carboxylic acids is 3. The van der Waals surface area contributed by atoms with Crippen molar-refractivity contribution in [2.75, 3.05) is 0 Å². The summed E-state index contributed by atoms with van der Waals surface area (Å²) in [6, 6.07) is -1.13. The second-order valence-electron chi connectivity index (χ2n) is 2.15. The Morgan fingerprint density at radius 1 is 1.33 bits per heavy atom. The molecule has 12 heavy (non-hydrogen) atoms. The van der Waals surface area contributed by atoms with Crippen LogP contribution >= 0.6 is 0 Å². The minimum Gasteiger partial charge on any atom is -0.369 e. The molecule has 0 aromatic carbocycles. The van der Waals surface area contributed by atoms with E-state index in [1.54, 1.807) is 0 Å². The molecule has 0 saturated heterocycles. The van der Waals surface area contributed by atoms with Crippen molar-refractivity contribution in [1.82, 2.24) is 5.32 Å². The fourth-order valence-electron chi connectivity index (χ4n) is 0.578. The van der Waals surface area contributed by atoms with Crippen LogP contribution in [0.5, 0.6) is 0 Å². The van der Waals surface area contributed by atoms with Crippen molar-refractivity contribution in [3.8, 4) is 0 Å². The lowest BCUT2D eigenvalue weighted by Crippen LogP contribution is -2.46. The normalized spacial score (nSPS) is 11.8. The smallest absolute Gasteiger partial charge is 0.240 e. The second-order valence-corrected chi connectivity index (χ2v) is 2.15. The number of rotatable bonds is 4. The summed E-state index contributed by atoms with van der Waals surface area (Å²) in [6.07, 6.45) is 0.837. The number of amides is 3. The molecule has 0 bridgehead atoms. The van der Waals surface area contributed by atoms with Gasteiger partial charge in [-0.2, -0.15) is 0 Å². The highest BCUT2D eigenvalue weighted by Gasteiger charge is 2.18. The molecule has 0 rings (SSSR count). The number of nitrogens with two attached hydrogens (primary N) is 2. The van der Waals surface area contributed by atoms with Crippen LogP contribution in [0.1, 0.15) is 6.92 Å². The van der Waals surface area contributed by atoms with Crippen LogP contribution in [-0.4, -0.2) is 23.8 Å². The molecule has 3 amide bonds. The van der Waals surface area contributed by atoms with Crippen molar-refractivity contribution in [1.29, 1.82) is 0 Å². The topological polar surface area (TPSA) is 115 Å². The molecule has 0 aromatic heterocycles. The van der Waals surface area contributed by atoms with Gasteiger partial charge in [-0.05, 0) is 0 Å². The maximum atomic E-state index is 10.5. The van der Waals surface area contributed by atoms with E-state index < -0.39 is 23.8 Å². The molecule has 6 heteroatoms. The van der Waals surface area contributed by atoms with E-state index in [-0.39, 0.29) is 0 Å². The van der Waals surface area contributed by atoms with Gasteiger partial charge in [0.15, 0.2) is 0 Å². The first-order chi connectivity index (χ1) is 5.43. The molecule has 1 unspecified atom stereocenters. The van der Waals surface area contributed by atoms with Crippen LogP contribution in [0.2, 0.25) is 0 Å². The molecule has 0 spiro atoms. The van der Waals surface area contributed by atoms with Crippen LogP contribution in [0.3, 0.4) is 0 Å². The molecule has 5 N–H and O–H groups in total. The Balaban J connectivity index is 4.14. The summed E-state index contributed by atoms with van der Waals surface area (Å²) in [6.45, 7) is 1.20. The van der Waals surface area contributed by atoms with Gasteiger partial charge in [-0.25, -0.2) is 0 Å². The van der Waals surface area contributed by atoms with Gasteiger partial charge >= 0.3 is 0 Å². The van der Waals surface area contributed by atoms with Gasteiger partial charge in [0.25, 0.3) is 0 Å². The molecule has 0 saturated carbocycles. The van der Waals surface area contributed by atoms with E-state index in [9.17, 15) is 14.4 Å². The number of nitrogens with one attached hydrogen (secondary N) is 1. The van der Waals surface area contributed by atoms with E-state index in [2.05, 4.69) is 5.32 Å². The van der Waals surface area contributed by atoms with E-state index in [1.165, 1.54) is 6.92 Å². The van der Waals surface area contributed by atoms with Crippen molar-refractivity contribution >= 4 is 17.7 Å². The van der Waals surface area contributed by atoms with Gasteiger partial charge in [-0.1, -0.05) is 0 Å². The molecule has 0 aliphatic heterocycles. The monoisotopic (exact) mass is 172 g/mol. The van der Waals surface area contributed by atoms with Crippen molar-refractivity contribution in [2.45, 2.75) is 13.0 Å². The Kier molecular flexibility index (Phi) is 3.75. The highest BCUT2D eigenvalue weighted by molar-refractivity contribution is 5.95. The summed E-state index contributed by atoms with van der Waals surface area (Å²) >= 11 is 0. The Morgan fingerprint density at radius 3 is 2.08 bits per heavy atom. The van der Waals surface area contributed by atoms with E-state index in [1.807, 2.05) is 0 Å². The summed E-state index contributed by atoms with van der Waals surface area (Å²) < 4.78 is 0. The van der Waals surface area contributed by atoms with Crippen LogP contribution in [0.15, 0.2) is 0 Å². The first-order valence-electron chi connectivity index (χ1n) is 3.14. The zero-order chi connectivity index (χ0) is 9.72. The fourth-order valence-corrected chi connectivity index (χ4v) is 0.578. The first-order valence-corrected chi connectivity index (χ1v) is 3.14. The molecule has 1 radical (unpaired) electrons. The third-order valence-corrected chi connectivity index (χ3v) is 0.996. The van der Waals surface area contributed by atoms with Gasteiger partial charge in [0.05, 0.1) is 6.42 Å². The minimum absolute atomic E-state index is 0.462. The number of carbonyl (C=O) groups is 3. The molecule has 0 heterocycles. The third kappa shape index (κ3) is 4.26.